The van der Waals surface area contributed by atoms with Crippen molar-refractivity contribution in [2.24, 2.45) is 5.14 Å². The van der Waals surface area contributed by atoms with Crippen molar-refractivity contribution >= 4 is 72.7 Å². The topological polar surface area (TPSA) is 60.2 Å². The summed E-state index contributed by atoms with van der Waals surface area (Å²) in [4.78, 5) is 1.10. The predicted molar refractivity (Wildman–Crippen MR) is 64.7 cm³/mol. The van der Waals surface area contributed by atoms with Crippen LogP contribution in [-0.2, 0) is 16.4 Å². The average molecular weight is 272 g/mol. The molecule has 3 nitrogen and oxygen atoms in total. The van der Waals surface area contributed by atoms with E-state index in [1.54, 1.807) is 6.07 Å². The number of hydrogen-bond donors (Lipinski definition) is 1. The normalized spacial score (nSPS) is 11.1. The van der Waals surface area contributed by atoms with Crippen LogP contribution < -0.4 is 5.14 Å². The fourth-order valence-corrected chi connectivity index (χ4v) is 3.02. The summed E-state index contributed by atoms with van der Waals surface area (Å²) in [5.74, 6) is 0. The second kappa shape index (κ2) is 7.55. The largest absolute Gasteiger partial charge is 0.247 e. The Hall–Kier alpha value is 1.25. The first-order valence-corrected chi connectivity index (χ1v) is 7.02. The smallest absolute Gasteiger partial charge is 0.224 e. The van der Waals surface area contributed by atoms with E-state index < -0.39 is 10.0 Å². The molecule has 1 rings (SSSR count). The number of thiophene rings is 1. The zero-order valence-electron chi connectivity index (χ0n) is 9.19. The number of nitrogens with two attached hydrogens (primary N) is 1. The third kappa shape index (κ3) is 5.93. The van der Waals surface area contributed by atoms with Crippen molar-refractivity contribution in [3.63, 3.8) is 0 Å². The molecular weight excluding hydrogens is 257 g/mol. The SMILES string of the molecule is CCCCCc1ccc(S(N)(=O)=O)s1.[K]. The Morgan fingerprint density at radius 3 is 2.47 bits per heavy atom. The van der Waals surface area contributed by atoms with E-state index in [1.165, 1.54) is 24.2 Å². The molecule has 81 valence electrons. The van der Waals surface area contributed by atoms with E-state index in [0.29, 0.717) is 0 Å². The molecule has 15 heavy (non-hydrogen) atoms. The number of rotatable bonds is 5. The van der Waals surface area contributed by atoms with Gasteiger partial charge in [-0.2, -0.15) is 0 Å². The predicted octanol–water partition coefficient (Wildman–Crippen LogP) is 1.75. The van der Waals surface area contributed by atoms with E-state index in [9.17, 15) is 8.42 Å². The molecule has 0 unspecified atom stereocenters. The summed E-state index contributed by atoms with van der Waals surface area (Å²) in [6, 6.07) is 3.43. The Bertz CT molecular complexity index is 387. The van der Waals surface area contributed by atoms with Crippen LogP contribution in [0.2, 0.25) is 0 Å². The van der Waals surface area contributed by atoms with Crippen molar-refractivity contribution in [3.8, 4) is 0 Å². The first-order chi connectivity index (χ1) is 6.54. The number of unbranched alkanes of at least 4 members (excludes halogenated alkanes) is 2. The van der Waals surface area contributed by atoms with Crippen LogP contribution in [-0.4, -0.2) is 59.8 Å². The molecular formula is C9H15KNO2S2. The molecule has 1 radical (unpaired) electrons. The van der Waals surface area contributed by atoms with Crippen LogP contribution in [0.1, 0.15) is 31.1 Å². The van der Waals surface area contributed by atoms with Gasteiger partial charge in [-0.05, 0) is 25.0 Å². The van der Waals surface area contributed by atoms with Crippen LogP contribution >= 0.6 is 11.3 Å². The first kappa shape index (κ1) is 16.2. The van der Waals surface area contributed by atoms with Gasteiger partial charge in [0.1, 0.15) is 4.21 Å². The summed E-state index contributed by atoms with van der Waals surface area (Å²) in [5, 5.41) is 5.01. The molecule has 0 aliphatic heterocycles. The molecule has 0 saturated carbocycles. The molecule has 2 N–H and O–H groups in total. The molecule has 6 heteroatoms. The Morgan fingerprint density at radius 1 is 1.33 bits per heavy atom. The van der Waals surface area contributed by atoms with Crippen LogP contribution in [0.15, 0.2) is 16.3 Å². The maximum absolute atomic E-state index is 11.0. The minimum Gasteiger partial charge on any atom is -0.224 e. The second-order valence-electron chi connectivity index (χ2n) is 3.22. The van der Waals surface area contributed by atoms with Crippen LogP contribution in [0.4, 0.5) is 0 Å². The fourth-order valence-electron chi connectivity index (χ4n) is 1.19. The van der Waals surface area contributed by atoms with Crippen LogP contribution in [0.5, 0.6) is 0 Å². The van der Waals surface area contributed by atoms with Gasteiger partial charge in [-0.1, -0.05) is 19.8 Å². The monoisotopic (exact) mass is 272 g/mol. The molecule has 0 aromatic carbocycles. The summed E-state index contributed by atoms with van der Waals surface area (Å²) in [6.07, 6.45) is 4.42. The van der Waals surface area contributed by atoms with E-state index in [1.807, 2.05) is 6.07 Å². The quantitative estimate of drug-likeness (QED) is 0.656. The standard InChI is InChI=1S/C9H15NO2S2.K/c1-2-3-4-5-8-6-7-9(13-8)14(10,11)12;/h6-7H,2-5H2,1H3,(H2,10,11,12);. The molecule has 0 bridgehead atoms. The maximum atomic E-state index is 11.0. The summed E-state index contributed by atoms with van der Waals surface area (Å²) >= 11 is 1.28. The van der Waals surface area contributed by atoms with Crippen LogP contribution in [0, 0.1) is 0 Å². The number of primary sulfonamides is 1. The van der Waals surface area contributed by atoms with Gasteiger partial charge in [0.15, 0.2) is 0 Å². The fraction of sp³-hybridized carbons (Fsp3) is 0.556. The van der Waals surface area contributed by atoms with Crippen LogP contribution in [0.25, 0.3) is 0 Å². The van der Waals surface area contributed by atoms with Crippen LogP contribution in [0.3, 0.4) is 0 Å². The number of sulfonamides is 1. The van der Waals surface area contributed by atoms with Gasteiger partial charge in [0.25, 0.3) is 0 Å². The van der Waals surface area contributed by atoms with E-state index in [4.69, 9.17) is 5.14 Å². The van der Waals surface area contributed by atoms with Gasteiger partial charge in [0.05, 0.1) is 0 Å². The molecule has 0 amide bonds. The van der Waals surface area contributed by atoms with E-state index in [0.717, 1.165) is 17.7 Å². The van der Waals surface area contributed by atoms with Gasteiger partial charge >= 0.3 is 0 Å². The maximum Gasteiger partial charge on any atom is 0.247 e. The van der Waals surface area contributed by atoms with E-state index in [-0.39, 0.29) is 55.6 Å². The Labute approximate surface area is 138 Å². The van der Waals surface area contributed by atoms with Crippen molar-refractivity contribution in [2.45, 2.75) is 36.8 Å². The van der Waals surface area contributed by atoms with E-state index in [2.05, 4.69) is 6.92 Å². The number of hydrogen-bond acceptors (Lipinski definition) is 3. The first-order valence-electron chi connectivity index (χ1n) is 4.65. The van der Waals surface area contributed by atoms with Gasteiger partial charge in [-0.25, -0.2) is 13.6 Å². The zero-order chi connectivity index (χ0) is 10.6. The van der Waals surface area contributed by atoms with Crippen molar-refractivity contribution in [1.29, 1.82) is 0 Å². The van der Waals surface area contributed by atoms with Crippen molar-refractivity contribution in [2.75, 3.05) is 0 Å². The van der Waals surface area contributed by atoms with Gasteiger partial charge in [-0.3, -0.25) is 0 Å². The number of aryl methyl sites for hydroxylation is 1. The molecule has 0 spiro atoms. The Balaban J connectivity index is 0.00000196. The summed E-state index contributed by atoms with van der Waals surface area (Å²) in [7, 11) is -3.49. The van der Waals surface area contributed by atoms with Gasteiger partial charge in [-0.15, -0.1) is 11.3 Å². The second-order valence-corrected chi connectivity index (χ2v) is 6.18. The minimum atomic E-state index is -3.49. The van der Waals surface area contributed by atoms with Crippen molar-refractivity contribution < 1.29 is 8.42 Å². The molecule has 1 heterocycles. The van der Waals surface area contributed by atoms with Crippen molar-refractivity contribution in [1.82, 2.24) is 0 Å². The van der Waals surface area contributed by atoms with E-state index >= 15 is 0 Å². The molecule has 0 aliphatic rings. The Kier molecular flexibility index (Phi) is 8.18. The summed E-state index contributed by atoms with van der Waals surface area (Å²) in [6.45, 7) is 2.14. The zero-order valence-corrected chi connectivity index (χ0v) is 13.9. The van der Waals surface area contributed by atoms with Gasteiger partial charge in [0.2, 0.25) is 10.0 Å². The third-order valence-electron chi connectivity index (χ3n) is 1.94. The molecule has 0 atom stereocenters. The summed E-state index contributed by atoms with van der Waals surface area (Å²) in [5.41, 5.74) is 0. The van der Waals surface area contributed by atoms with Gasteiger partial charge in [0, 0.05) is 56.3 Å². The molecule has 0 aliphatic carbocycles. The molecule has 1 aromatic heterocycles. The third-order valence-corrected chi connectivity index (χ3v) is 4.53. The summed E-state index contributed by atoms with van der Waals surface area (Å²) < 4.78 is 22.2. The average Bonchev–Trinajstić information content (AvgIpc) is 2.52. The van der Waals surface area contributed by atoms with Crippen molar-refractivity contribution in [3.05, 3.63) is 17.0 Å². The minimum absolute atomic E-state index is 0. The Morgan fingerprint density at radius 2 is 2.00 bits per heavy atom. The molecule has 0 saturated heterocycles. The molecule has 0 fully saturated rings. The van der Waals surface area contributed by atoms with Gasteiger partial charge < -0.3 is 0 Å². The molecule has 1 aromatic rings.